The number of anilines is 2. The Bertz CT molecular complexity index is 1100. The monoisotopic (exact) mass is 370 g/mol. The highest BCUT2D eigenvalue weighted by Crippen LogP contribution is 2.30. The van der Waals surface area contributed by atoms with E-state index < -0.39 is 11.7 Å². The Morgan fingerprint density at radius 2 is 1.78 bits per heavy atom. The summed E-state index contributed by atoms with van der Waals surface area (Å²) < 4.78 is 39.4. The molecule has 0 spiro atoms. The summed E-state index contributed by atoms with van der Waals surface area (Å²) in [6, 6.07) is 8.49. The summed E-state index contributed by atoms with van der Waals surface area (Å²) in [6.45, 7) is 1.93. The van der Waals surface area contributed by atoms with E-state index in [1.165, 1.54) is 22.8 Å². The van der Waals surface area contributed by atoms with Gasteiger partial charge in [0, 0.05) is 11.9 Å². The number of pyridine rings is 1. The highest BCUT2D eigenvalue weighted by molar-refractivity contribution is 5.62. The number of hydrogen-bond donors (Lipinski definition) is 1. The van der Waals surface area contributed by atoms with Gasteiger partial charge in [0.05, 0.1) is 23.7 Å². The first-order valence-electron chi connectivity index (χ1n) is 7.99. The lowest BCUT2D eigenvalue weighted by Gasteiger charge is -2.09. The van der Waals surface area contributed by atoms with E-state index in [0.717, 1.165) is 17.7 Å². The highest BCUT2D eigenvalue weighted by Gasteiger charge is 2.29. The smallest absolute Gasteiger partial charge is 0.339 e. The Kier molecular flexibility index (Phi) is 3.98. The summed E-state index contributed by atoms with van der Waals surface area (Å²) in [6.07, 6.45) is 0.398. The first kappa shape index (κ1) is 17.0. The van der Waals surface area contributed by atoms with Gasteiger partial charge in [0.25, 0.3) is 5.78 Å². The van der Waals surface area contributed by atoms with Crippen LogP contribution < -0.4 is 5.32 Å². The van der Waals surface area contributed by atoms with Crippen LogP contribution in [0.3, 0.4) is 0 Å². The number of hydrogen-bond acceptors (Lipinski definition) is 5. The number of aromatic nitrogens is 5. The van der Waals surface area contributed by atoms with Gasteiger partial charge in [0.15, 0.2) is 5.82 Å². The Labute approximate surface area is 151 Å². The Hall–Kier alpha value is -3.49. The van der Waals surface area contributed by atoms with Crippen LogP contribution in [0.1, 0.15) is 11.1 Å². The van der Waals surface area contributed by atoms with Crippen molar-refractivity contribution in [2.24, 2.45) is 0 Å². The molecule has 27 heavy (non-hydrogen) atoms. The SMILES string of the molecule is Cc1cccnc1-c1cnn2c(Nc3ccc(C(F)(F)F)cc3)cnc2n1. The summed E-state index contributed by atoms with van der Waals surface area (Å²) in [4.78, 5) is 13.0. The van der Waals surface area contributed by atoms with E-state index in [4.69, 9.17) is 0 Å². The van der Waals surface area contributed by atoms with Crippen molar-refractivity contribution in [3.8, 4) is 11.4 Å². The van der Waals surface area contributed by atoms with E-state index in [9.17, 15) is 13.2 Å². The number of aryl methyl sites for hydroxylation is 1. The molecule has 3 heterocycles. The second-order valence-electron chi connectivity index (χ2n) is 5.87. The molecule has 0 bridgehead atoms. The van der Waals surface area contributed by atoms with Gasteiger partial charge >= 0.3 is 6.18 Å². The summed E-state index contributed by atoms with van der Waals surface area (Å²) in [5.74, 6) is 0.841. The van der Waals surface area contributed by atoms with Gasteiger partial charge in [-0.15, -0.1) is 0 Å². The maximum atomic E-state index is 12.7. The first-order chi connectivity index (χ1) is 12.9. The standard InChI is InChI=1S/C18H13F3N6/c1-11-3-2-8-22-16(11)14-9-24-27-15(10-23-17(27)26-14)25-13-6-4-12(5-7-13)18(19,20)21/h2-10,25H,1H3. The number of benzene rings is 1. The molecule has 0 saturated carbocycles. The number of nitrogens with zero attached hydrogens (tertiary/aromatic N) is 5. The van der Waals surface area contributed by atoms with Gasteiger partial charge < -0.3 is 5.32 Å². The molecule has 9 heteroatoms. The normalized spacial score (nSPS) is 11.7. The van der Waals surface area contributed by atoms with E-state index >= 15 is 0 Å². The number of alkyl halides is 3. The Morgan fingerprint density at radius 1 is 1.00 bits per heavy atom. The molecule has 0 atom stereocenters. The van der Waals surface area contributed by atoms with Crippen LogP contribution in [0.2, 0.25) is 0 Å². The predicted octanol–water partition coefficient (Wildman–Crippen LogP) is 4.26. The molecular weight excluding hydrogens is 357 g/mol. The van der Waals surface area contributed by atoms with E-state index in [-0.39, 0.29) is 0 Å². The van der Waals surface area contributed by atoms with E-state index in [2.05, 4.69) is 25.4 Å². The van der Waals surface area contributed by atoms with E-state index in [1.807, 2.05) is 19.1 Å². The largest absolute Gasteiger partial charge is 0.416 e. The molecule has 0 aliphatic rings. The predicted molar refractivity (Wildman–Crippen MR) is 93.5 cm³/mol. The molecule has 4 aromatic rings. The number of rotatable bonds is 3. The lowest BCUT2D eigenvalue weighted by molar-refractivity contribution is -0.137. The van der Waals surface area contributed by atoms with Gasteiger partial charge in [-0.2, -0.15) is 22.8 Å². The summed E-state index contributed by atoms with van der Waals surface area (Å²) in [7, 11) is 0. The Morgan fingerprint density at radius 3 is 2.48 bits per heavy atom. The molecule has 4 rings (SSSR count). The molecule has 1 aromatic carbocycles. The maximum Gasteiger partial charge on any atom is 0.416 e. The van der Waals surface area contributed by atoms with E-state index in [0.29, 0.717) is 28.7 Å². The molecule has 0 unspecified atom stereocenters. The average molecular weight is 370 g/mol. The topological polar surface area (TPSA) is 68.0 Å². The highest BCUT2D eigenvalue weighted by atomic mass is 19.4. The second-order valence-corrected chi connectivity index (χ2v) is 5.87. The Balaban J connectivity index is 1.63. The van der Waals surface area contributed by atoms with Gasteiger partial charge in [-0.05, 0) is 42.8 Å². The zero-order chi connectivity index (χ0) is 19.0. The quantitative estimate of drug-likeness (QED) is 0.584. The van der Waals surface area contributed by atoms with Crippen LogP contribution in [0, 0.1) is 6.92 Å². The van der Waals surface area contributed by atoms with Crippen molar-refractivity contribution in [3.05, 3.63) is 66.1 Å². The van der Waals surface area contributed by atoms with Crippen LogP contribution in [0.15, 0.2) is 55.0 Å². The van der Waals surface area contributed by atoms with Gasteiger partial charge in [0.1, 0.15) is 5.69 Å². The van der Waals surface area contributed by atoms with Crippen LogP contribution in [-0.4, -0.2) is 24.6 Å². The van der Waals surface area contributed by atoms with Gasteiger partial charge in [-0.1, -0.05) is 6.07 Å². The van der Waals surface area contributed by atoms with Crippen LogP contribution in [-0.2, 0) is 6.18 Å². The van der Waals surface area contributed by atoms with Gasteiger partial charge in [0.2, 0.25) is 0 Å². The fourth-order valence-electron chi connectivity index (χ4n) is 2.62. The van der Waals surface area contributed by atoms with Crippen LogP contribution in [0.4, 0.5) is 24.7 Å². The lowest BCUT2D eigenvalue weighted by Crippen LogP contribution is -2.05. The van der Waals surface area contributed by atoms with Crippen molar-refractivity contribution < 1.29 is 13.2 Å². The molecule has 0 aliphatic carbocycles. The molecular formula is C18H13F3N6. The number of fused-ring (bicyclic) bond motifs is 1. The molecule has 136 valence electrons. The molecule has 0 amide bonds. The zero-order valence-corrected chi connectivity index (χ0v) is 14.1. The molecule has 0 radical (unpaired) electrons. The molecule has 1 N–H and O–H groups in total. The van der Waals surface area contributed by atoms with Crippen molar-refractivity contribution in [1.82, 2.24) is 24.6 Å². The summed E-state index contributed by atoms with van der Waals surface area (Å²) >= 11 is 0. The third kappa shape index (κ3) is 3.31. The van der Waals surface area contributed by atoms with Gasteiger partial charge in [-0.25, -0.2) is 9.97 Å². The fraction of sp³-hybridized carbons (Fsp3) is 0.111. The number of imidazole rings is 1. The fourth-order valence-corrected chi connectivity index (χ4v) is 2.62. The molecule has 3 aromatic heterocycles. The van der Waals surface area contributed by atoms with Crippen molar-refractivity contribution >= 4 is 17.3 Å². The molecule has 6 nitrogen and oxygen atoms in total. The van der Waals surface area contributed by atoms with Crippen LogP contribution >= 0.6 is 0 Å². The molecule has 0 aliphatic heterocycles. The molecule has 0 saturated heterocycles. The molecule has 0 fully saturated rings. The minimum Gasteiger partial charge on any atom is -0.339 e. The third-order valence-electron chi connectivity index (χ3n) is 3.97. The van der Waals surface area contributed by atoms with Gasteiger partial charge in [-0.3, -0.25) is 4.98 Å². The third-order valence-corrected chi connectivity index (χ3v) is 3.97. The van der Waals surface area contributed by atoms with Crippen LogP contribution in [0.25, 0.3) is 17.2 Å². The number of halogens is 3. The second kappa shape index (κ2) is 6.35. The maximum absolute atomic E-state index is 12.7. The van der Waals surface area contributed by atoms with Crippen molar-refractivity contribution in [1.29, 1.82) is 0 Å². The minimum atomic E-state index is -4.37. The lowest BCUT2D eigenvalue weighted by atomic mass is 10.2. The zero-order valence-electron chi connectivity index (χ0n) is 14.1. The van der Waals surface area contributed by atoms with Crippen molar-refractivity contribution in [2.75, 3.05) is 5.32 Å². The van der Waals surface area contributed by atoms with Crippen molar-refractivity contribution in [3.63, 3.8) is 0 Å². The summed E-state index contributed by atoms with van der Waals surface area (Å²) in [5.41, 5.74) is 2.04. The average Bonchev–Trinajstić information content (AvgIpc) is 3.04. The summed E-state index contributed by atoms with van der Waals surface area (Å²) in [5, 5.41) is 7.31. The minimum absolute atomic E-state index is 0.354. The number of nitrogens with one attached hydrogen (secondary N) is 1. The van der Waals surface area contributed by atoms with Crippen molar-refractivity contribution in [2.45, 2.75) is 13.1 Å². The van der Waals surface area contributed by atoms with Crippen LogP contribution in [0.5, 0.6) is 0 Å². The first-order valence-corrected chi connectivity index (χ1v) is 7.99. The van der Waals surface area contributed by atoms with E-state index in [1.54, 1.807) is 12.4 Å².